The van der Waals surface area contributed by atoms with E-state index in [0.717, 1.165) is 5.92 Å². The van der Waals surface area contributed by atoms with Gasteiger partial charge in [-0.1, -0.05) is 115 Å². The monoisotopic (exact) mass is 452 g/mol. The van der Waals surface area contributed by atoms with Crippen LogP contribution in [0.2, 0.25) is 0 Å². The van der Waals surface area contributed by atoms with Crippen molar-refractivity contribution in [3.63, 3.8) is 0 Å². The summed E-state index contributed by atoms with van der Waals surface area (Å²) in [5.41, 5.74) is 6.38. The lowest BCUT2D eigenvalue weighted by molar-refractivity contribution is 0.0245. The number of ether oxygens (including phenoxy) is 1. The molecule has 0 aromatic heterocycles. The van der Waals surface area contributed by atoms with Gasteiger partial charge in [-0.25, -0.2) is 0 Å². The first-order valence-corrected chi connectivity index (χ1v) is 12.7. The molecule has 0 spiro atoms. The molecule has 0 aliphatic heterocycles. The number of allylic oxidation sites excluding steroid dienone is 1. The zero-order valence-corrected chi connectivity index (χ0v) is 19.7. The summed E-state index contributed by atoms with van der Waals surface area (Å²) >= 11 is 0. The fourth-order valence-electron chi connectivity index (χ4n) is 6.25. The lowest BCUT2D eigenvalue weighted by Crippen LogP contribution is -2.17. The first kappa shape index (κ1) is 20.7. The number of benzene rings is 5. The smallest absolute Gasteiger partial charge is 0.0720 e. The topological polar surface area (TPSA) is 9.23 Å². The van der Waals surface area contributed by atoms with Gasteiger partial charge in [0, 0.05) is 5.92 Å². The molecule has 3 atom stereocenters. The molecule has 35 heavy (non-hydrogen) atoms. The van der Waals surface area contributed by atoms with Crippen LogP contribution in [0, 0.1) is 11.8 Å². The Morgan fingerprint density at radius 1 is 0.543 bits per heavy atom. The average Bonchev–Trinajstić information content (AvgIpc) is 3.55. The van der Waals surface area contributed by atoms with Crippen molar-refractivity contribution in [2.75, 3.05) is 0 Å². The van der Waals surface area contributed by atoms with Gasteiger partial charge in [0.2, 0.25) is 0 Å². The fourth-order valence-corrected chi connectivity index (χ4v) is 6.25. The molecule has 0 N–H and O–H groups in total. The molecule has 1 saturated carbocycles. The Balaban J connectivity index is 1.31. The van der Waals surface area contributed by atoms with Crippen LogP contribution < -0.4 is 0 Å². The summed E-state index contributed by atoms with van der Waals surface area (Å²) in [6, 6.07) is 37.5. The summed E-state index contributed by atoms with van der Waals surface area (Å²) in [6.45, 7) is 0.691. The van der Waals surface area contributed by atoms with Crippen molar-refractivity contribution in [1.29, 1.82) is 0 Å². The van der Waals surface area contributed by atoms with E-state index in [4.69, 9.17) is 4.74 Å². The quantitative estimate of drug-likeness (QED) is 0.191. The van der Waals surface area contributed by atoms with Crippen LogP contribution in [0.4, 0.5) is 0 Å². The maximum atomic E-state index is 6.32. The predicted molar refractivity (Wildman–Crippen MR) is 146 cm³/mol. The molecular formula is C34H28O. The summed E-state index contributed by atoms with van der Waals surface area (Å²) < 4.78 is 6.32. The Labute approximate surface area is 206 Å². The molecule has 1 fully saturated rings. The van der Waals surface area contributed by atoms with Gasteiger partial charge in [-0.2, -0.15) is 0 Å². The van der Waals surface area contributed by atoms with Crippen molar-refractivity contribution in [1.82, 2.24) is 0 Å². The molecule has 0 amide bonds. The molecule has 2 aliphatic rings. The van der Waals surface area contributed by atoms with E-state index in [9.17, 15) is 0 Å². The molecule has 1 heteroatoms. The number of hydrogen-bond donors (Lipinski definition) is 0. The van der Waals surface area contributed by atoms with Gasteiger partial charge in [0.05, 0.1) is 12.7 Å². The molecule has 0 heterocycles. The minimum Gasteiger partial charge on any atom is -0.373 e. The number of fused-ring (bicyclic) bond motifs is 4. The van der Waals surface area contributed by atoms with Crippen molar-refractivity contribution in [2.45, 2.75) is 25.6 Å². The molecule has 7 rings (SSSR count). The molecule has 170 valence electrons. The third kappa shape index (κ3) is 3.59. The van der Waals surface area contributed by atoms with Crippen molar-refractivity contribution < 1.29 is 4.74 Å². The third-order valence-electron chi connectivity index (χ3n) is 7.92. The molecule has 0 saturated heterocycles. The average molecular weight is 453 g/mol. The van der Waals surface area contributed by atoms with Crippen LogP contribution >= 0.6 is 0 Å². The standard InChI is InChI=1S/C34H28O/c1-2-8-25(9-3-1)33-28-10-4-6-12-30(28)34(31-13-7-5-11-29(31)33)26-17-14-23(15-18-26)22-35-32-21-24-16-19-27(32)20-24/h1-19,24,27,32H,20-22H2/t24-,27+,32?/m0/s1. The maximum absolute atomic E-state index is 6.32. The summed E-state index contributed by atoms with van der Waals surface area (Å²) in [5, 5.41) is 5.18. The Bertz CT molecular complexity index is 1490. The Kier molecular flexibility index (Phi) is 5.03. The van der Waals surface area contributed by atoms with Gasteiger partial charge in [0.15, 0.2) is 0 Å². The van der Waals surface area contributed by atoms with E-state index in [1.807, 2.05) is 0 Å². The Morgan fingerprint density at radius 2 is 1.09 bits per heavy atom. The molecular weight excluding hydrogens is 424 g/mol. The second-order valence-corrected chi connectivity index (χ2v) is 10.0. The fraction of sp³-hybridized carbons (Fsp3) is 0.176. The van der Waals surface area contributed by atoms with Gasteiger partial charge in [-0.15, -0.1) is 0 Å². The second kappa shape index (κ2) is 8.52. The molecule has 2 aliphatic carbocycles. The highest BCUT2D eigenvalue weighted by atomic mass is 16.5. The largest absolute Gasteiger partial charge is 0.373 e. The highest BCUT2D eigenvalue weighted by molar-refractivity contribution is 6.21. The second-order valence-electron chi connectivity index (χ2n) is 10.0. The molecule has 1 nitrogen and oxygen atoms in total. The minimum atomic E-state index is 0.392. The molecule has 2 bridgehead atoms. The van der Waals surface area contributed by atoms with E-state index in [0.29, 0.717) is 18.6 Å². The van der Waals surface area contributed by atoms with E-state index in [1.165, 1.54) is 62.2 Å². The summed E-state index contributed by atoms with van der Waals surface area (Å²) in [4.78, 5) is 0. The van der Waals surface area contributed by atoms with E-state index < -0.39 is 0 Å². The van der Waals surface area contributed by atoms with Crippen LogP contribution in [0.3, 0.4) is 0 Å². The van der Waals surface area contributed by atoms with Gasteiger partial charge in [-0.05, 0) is 68.1 Å². The van der Waals surface area contributed by atoms with Crippen LogP contribution in [0.25, 0.3) is 43.8 Å². The zero-order chi connectivity index (χ0) is 23.2. The predicted octanol–water partition coefficient (Wildman–Crippen LogP) is 8.81. The maximum Gasteiger partial charge on any atom is 0.0720 e. The van der Waals surface area contributed by atoms with Crippen LogP contribution in [-0.4, -0.2) is 6.10 Å². The van der Waals surface area contributed by atoms with Crippen molar-refractivity contribution in [3.8, 4) is 22.3 Å². The van der Waals surface area contributed by atoms with E-state index in [-0.39, 0.29) is 0 Å². The van der Waals surface area contributed by atoms with Gasteiger partial charge >= 0.3 is 0 Å². The Morgan fingerprint density at radius 3 is 1.60 bits per heavy atom. The summed E-state index contributed by atoms with van der Waals surface area (Å²) in [5.74, 6) is 1.37. The molecule has 5 aromatic rings. The van der Waals surface area contributed by atoms with Crippen molar-refractivity contribution in [2.24, 2.45) is 11.8 Å². The minimum absolute atomic E-state index is 0.392. The lowest BCUT2D eigenvalue weighted by atomic mass is 9.86. The SMILES string of the molecule is C1=C[C@@H]2C[C@H]1CC2OCc1ccc(-c2c3ccccc3c(-c3ccccc3)c3ccccc23)cc1. The van der Waals surface area contributed by atoms with Crippen molar-refractivity contribution >= 4 is 21.5 Å². The first-order chi connectivity index (χ1) is 17.3. The van der Waals surface area contributed by atoms with Gasteiger partial charge < -0.3 is 4.74 Å². The molecule has 5 aromatic carbocycles. The van der Waals surface area contributed by atoms with Crippen LogP contribution in [0.1, 0.15) is 18.4 Å². The normalized spacial score (nSPS) is 20.7. The highest BCUT2D eigenvalue weighted by Crippen LogP contribution is 2.44. The van der Waals surface area contributed by atoms with Crippen molar-refractivity contribution in [3.05, 3.63) is 121 Å². The van der Waals surface area contributed by atoms with Crippen LogP contribution in [-0.2, 0) is 11.3 Å². The highest BCUT2D eigenvalue weighted by Gasteiger charge is 2.36. The van der Waals surface area contributed by atoms with Crippen LogP contribution in [0.5, 0.6) is 0 Å². The third-order valence-corrected chi connectivity index (χ3v) is 7.92. The van der Waals surface area contributed by atoms with E-state index in [1.54, 1.807) is 0 Å². The van der Waals surface area contributed by atoms with Crippen LogP contribution in [0.15, 0.2) is 115 Å². The summed E-state index contributed by atoms with van der Waals surface area (Å²) in [7, 11) is 0. The molecule has 0 radical (unpaired) electrons. The molecule has 1 unspecified atom stereocenters. The van der Waals surface area contributed by atoms with Gasteiger partial charge in [0.1, 0.15) is 0 Å². The number of rotatable bonds is 5. The first-order valence-electron chi connectivity index (χ1n) is 12.7. The lowest BCUT2D eigenvalue weighted by Gasteiger charge is -2.19. The summed E-state index contributed by atoms with van der Waals surface area (Å²) in [6.07, 6.45) is 7.59. The van der Waals surface area contributed by atoms with E-state index in [2.05, 4.69) is 115 Å². The number of hydrogen-bond acceptors (Lipinski definition) is 1. The zero-order valence-electron chi connectivity index (χ0n) is 19.7. The Hall–Kier alpha value is -3.68. The van der Waals surface area contributed by atoms with Gasteiger partial charge in [-0.3, -0.25) is 0 Å². The van der Waals surface area contributed by atoms with E-state index >= 15 is 0 Å². The van der Waals surface area contributed by atoms with Gasteiger partial charge in [0.25, 0.3) is 0 Å².